The predicted octanol–water partition coefficient (Wildman–Crippen LogP) is 2.28. The molecule has 0 saturated heterocycles. The van der Waals surface area contributed by atoms with Crippen LogP contribution in [0.15, 0.2) is 35.0 Å². The van der Waals surface area contributed by atoms with Crippen LogP contribution < -0.4 is 0 Å². The fraction of sp³-hybridized carbons (Fsp3) is 0. The summed E-state index contributed by atoms with van der Waals surface area (Å²) >= 11 is 0. The van der Waals surface area contributed by atoms with Crippen molar-refractivity contribution in [2.24, 2.45) is 0 Å². The van der Waals surface area contributed by atoms with Crippen LogP contribution in [-0.4, -0.2) is 0 Å². The lowest BCUT2D eigenvalue weighted by Crippen LogP contribution is -1.55. The Morgan fingerprint density at radius 2 is 2.44 bits per heavy atom. The van der Waals surface area contributed by atoms with E-state index < -0.39 is 0 Å². The van der Waals surface area contributed by atoms with E-state index in [0.717, 1.165) is 5.76 Å². The molecular weight excluding hydrogens is 112 g/mol. The minimum Gasteiger partial charge on any atom is -0.465 e. The van der Waals surface area contributed by atoms with Crippen molar-refractivity contribution in [3.8, 4) is 0 Å². The quantitative estimate of drug-likeness (QED) is 0.544. The molecule has 0 bridgehead atoms. The highest BCUT2D eigenvalue weighted by atomic mass is 16.3. The summed E-state index contributed by atoms with van der Waals surface area (Å²) in [5.74, 6) is 0.816. The minimum absolute atomic E-state index is 0.816. The summed E-state index contributed by atoms with van der Waals surface area (Å²) in [5.41, 5.74) is 0. The standard InChI is InChI=1S/C8H7O/c1-2-3-5-8-6-4-7-9-8/h1-7H. The highest BCUT2D eigenvalue weighted by Crippen LogP contribution is 2.01. The molecule has 1 rings (SSSR count). The maximum absolute atomic E-state index is 5.09. The van der Waals surface area contributed by atoms with Gasteiger partial charge in [-0.2, -0.15) is 0 Å². The molecule has 9 heavy (non-hydrogen) atoms. The Kier molecular flexibility index (Phi) is 1.91. The molecule has 1 radical (unpaired) electrons. The van der Waals surface area contributed by atoms with Crippen LogP contribution in [0.4, 0.5) is 0 Å². The Morgan fingerprint density at radius 1 is 1.56 bits per heavy atom. The van der Waals surface area contributed by atoms with Crippen molar-refractivity contribution in [3.63, 3.8) is 0 Å². The van der Waals surface area contributed by atoms with Crippen molar-refractivity contribution in [2.75, 3.05) is 0 Å². The van der Waals surface area contributed by atoms with Crippen LogP contribution in [0.5, 0.6) is 0 Å². The first-order chi connectivity index (χ1) is 4.43. The minimum atomic E-state index is 0.816. The molecule has 0 aliphatic heterocycles. The van der Waals surface area contributed by atoms with Gasteiger partial charge >= 0.3 is 0 Å². The van der Waals surface area contributed by atoms with E-state index in [-0.39, 0.29) is 0 Å². The summed E-state index contributed by atoms with van der Waals surface area (Å²) in [4.78, 5) is 0. The number of hydrogen-bond acceptors (Lipinski definition) is 1. The molecule has 0 fully saturated rings. The van der Waals surface area contributed by atoms with Crippen LogP contribution in [-0.2, 0) is 0 Å². The van der Waals surface area contributed by atoms with Gasteiger partial charge in [-0.25, -0.2) is 0 Å². The molecule has 45 valence electrons. The first-order valence-electron chi connectivity index (χ1n) is 2.68. The highest BCUT2D eigenvalue weighted by molar-refractivity contribution is 5.44. The molecular formula is C8H7O. The third-order valence-corrected chi connectivity index (χ3v) is 0.915. The lowest BCUT2D eigenvalue weighted by Gasteiger charge is -1.77. The van der Waals surface area contributed by atoms with E-state index in [1.54, 1.807) is 18.4 Å². The molecule has 0 atom stereocenters. The van der Waals surface area contributed by atoms with Gasteiger partial charge in [0, 0.05) is 0 Å². The van der Waals surface area contributed by atoms with Crippen molar-refractivity contribution in [2.45, 2.75) is 0 Å². The van der Waals surface area contributed by atoms with Crippen LogP contribution in [0.2, 0.25) is 0 Å². The zero-order valence-corrected chi connectivity index (χ0v) is 4.95. The van der Waals surface area contributed by atoms with Gasteiger partial charge in [0.2, 0.25) is 0 Å². The van der Waals surface area contributed by atoms with Gasteiger partial charge in [-0.3, -0.25) is 0 Å². The second kappa shape index (κ2) is 2.92. The van der Waals surface area contributed by atoms with Crippen molar-refractivity contribution in [1.29, 1.82) is 0 Å². The third kappa shape index (κ3) is 1.61. The molecule has 1 nitrogen and oxygen atoms in total. The summed E-state index contributed by atoms with van der Waals surface area (Å²) in [6.07, 6.45) is 6.59. The van der Waals surface area contributed by atoms with Crippen molar-refractivity contribution < 1.29 is 4.42 Å². The molecule has 1 heteroatoms. The van der Waals surface area contributed by atoms with Crippen molar-refractivity contribution >= 4 is 6.08 Å². The van der Waals surface area contributed by atoms with E-state index in [0.29, 0.717) is 0 Å². The Bertz CT molecular complexity index is 194. The van der Waals surface area contributed by atoms with E-state index in [1.807, 2.05) is 12.1 Å². The summed E-state index contributed by atoms with van der Waals surface area (Å²) < 4.78 is 4.97. The van der Waals surface area contributed by atoms with Gasteiger partial charge in [0.05, 0.1) is 6.26 Å². The molecule has 0 N–H and O–H groups in total. The van der Waals surface area contributed by atoms with Gasteiger partial charge in [0.1, 0.15) is 5.76 Å². The van der Waals surface area contributed by atoms with E-state index in [9.17, 15) is 0 Å². The number of allylic oxidation sites excluding steroid dienone is 2. The van der Waals surface area contributed by atoms with Gasteiger partial charge in [-0.1, -0.05) is 18.7 Å². The summed E-state index contributed by atoms with van der Waals surface area (Å²) in [5, 5.41) is 0. The molecule has 1 aromatic rings. The topological polar surface area (TPSA) is 13.1 Å². The Labute approximate surface area is 54.3 Å². The second-order valence-electron chi connectivity index (χ2n) is 1.57. The molecule has 0 aliphatic rings. The molecule has 1 aromatic heterocycles. The molecule has 0 amide bonds. The summed E-state index contributed by atoms with van der Waals surface area (Å²) in [6.45, 7) is 5.09. The van der Waals surface area contributed by atoms with E-state index in [1.165, 1.54) is 6.08 Å². The van der Waals surface area contributed by atoms with Gasteiger partial charge in [0.15, 0.2) is 0 Å². The van der Waals surface area contributed by atoms with Crippen LogP contribution in [0, 0.1) is 6.58 Å². The van der Waals surface area contributed by atoms with Crippen LogP contribution in [0.1, 0.15) is 5.76 Å². The number of hydrogen-bond donors (Lipinski definition) is 0. The molecule has 0 aliphatic carbocycles. The SMILES string of the molecule is [CH]=CC=Cc1ccco1. The largest absolute Gasteiger partial charge is 0.465 e. The predicted molar refractivity (Wildman–Crippen MR) is 36.6 cm³/mol. The van der Waals surface area contributed by atoms with Crippen LogP contribution in [0.25, 0.3) is 6.08 Å². The van der Waals surface area contributed by atoms with Crippen molar-refractivity contribution in [3.05, 3.63) is 42.9 Å². The highest BCUT2D eigenvalue weighted by Gasteiger charge is 1.82. The first kappa shape index (κ1) is 5.89. The zero-order valence-electron chi connectivity index (χ0n) is 4.95. The first-order valence-corrected chi connectivity index (χ1v) is 2.68. The molecule has 0 unspecified atom stereocenters. The van der Waals surface area contributed by atoms with Gasteiger partial charge in [0.25, 0.3) is 0 Å². The monoisotopic (exact) mass is 119 g/mol. The van der Waals surface area contributed by atoms with Crippen LogP contribution in [0.3, 0.4) is 0 Å². The average Bonchev–Trinajstić information content (AvgIpc) is 2.34. The molecule has 0 aromatic carbocycles. The average molecular weight is 119 g/mol. The fourth-order valence-corrected chi connectivity index (χ4v) is 0.536. The zero-order chi connectivity index (χ0) is 6.53. The van der Waals surface area contributed by atoms with E-state index in [4.69, 9.17) is 11.0 Å². The third-order valence-electron chi connectivity index (χ3n) is 0.915. The Balaban J connectivity index is 2.67. The van der Waals surface area contributed by atoms with E-state index >= 15 is 0 Å². The molecule has 1 heterocycles. The Hall–Kier alpha value is -1.24. The molecule has 0 spiro atoms. The maximum Gasteiger partial charge on any atom is 0.126 e. The van der Waals surface area contributed by atoms with Crippen molar-refractivity contribution in [1.82, 2.24) is 0 Å². The lowest BCUT2D eigenvalue weighted by atomic mass is 10.4. The second-order valence-corrected chi connectivity index (χ2v) is 1.57. The summed E-state index contributed by atoms with van der Waals surface area (Å²) in [6, 6.07) is 3.69. The normalized spacial score (nSPS) is 10.2. The summed E-state index contributed by atoms with van der Waals surface area (Å²) in [7, 11) is 0. The van der Waals surface area contributed by atoms with Crippen LogP contribution >= 0.6 is 0 Å². The van der Waals surface area contributed by atoms with Gasteiger partial charge < -0.3 is 4.42 Å². The maximum atomic E-state index is 5.09. The lowest BCUT2D eigenvalue weighted by molar-refractivity contribution is 0.557. The molecule has 0 saturated carbocycles. The number of rotatable bonds is 2. The number of furan rings is 1. The van der Waals surface area contributed by atoms with Gasteiger partial charge in [-0.15, -0.1) is 0 Å². The fourth-order valence-electron chi connectivity index (χ4n) is 0.536. The van der Waals surface area contributed by atoms with E-state index in [2.05, 4.69) is 0 Å². The smallest absolute Gasteiger partial charge is 0.126 e. The Morgan fingerprint density at radius 3 is 3.00 bits per heavy atom. The van der Waals surface area contributed by atoms with Gasteiger partial charge in [-0.05, 0) is 18.2 Å².